The van der Waals surface area contributed by atoms with Gasteiger partial charge in [-0.2, -0.15) is 4.99 Å². The maximum Gasteiger partial charge on any atom is 0.279 e. The number of aromatic hydroxyl groups is 1. The summed E-state index contributed by atoms with van der Waals surface area (Å²) in [7, 11) is 0. The summed E-state index contributed by atoms with van der Waals surface area (Å²) in [5.41, 5.74) is 2.92. The predicted molar refractivity (Wildman–Crippen MR) is 141 cm³/mol. The molecule has 3 aromatic carbocycles. The summed E-state index contributed by atoms with van der Waals surface area (Å²) in [4.78, 5) is 27.4. The van der Waals surface area contributed by atoms with Gasteiger partial charge in [0.25, 0.3) is 5.91 Å². The maximum absolute atomic E-state index is 12.9. The molecule has 5 aromatic rings. The van der Waals surface area contributed by atoms with E-state index < -0.39 is 0 Å². The largest absolute Gasteiger partial charge is 0.493 e. The topological polar surface area (TPSA) is 79.8 Å². The van der Waals surface area contributed by atoms with Gasteiger partial charge in [0.05, 0.1) is 22.3 Å². The van der Waals surface area contributed by atoms with Crippen molar-refractivity contribution >= 4 is 55.2 Å². The first kappa shape index (κ1) is 21.8. The molecule has 1 aliphatic rings. The Morgan fingerprint density at radius 1 is 0.971 bits per heavy atom. The molecule has 6 rings (SSSR count). The molecule has 0 saturated carbocycles. The summed E-state index contributed by atoms with van der Waals surface area (Å²) in [5.74, 6) is -0.451. The number of carbonyl (C=O) groups excluding carboxylic acids is 1. The number of thiazole rings is 2. The van der Waals surface area contributed by atoms with Crippen molar-refractivity contribution in [2.24, 2.45) is 9.98 Å². The van der Waals surface area contributed by atoms with E-state index in [9.17, 15) is 9.90 Å². The average Bonchev–Trinajstić information content (AvgIpc) is 3.55. The van der Waals surface area contributed by atoms with Crippen molar-refractivity contribution < 1.29 is 9.90 Å². The number of rotatable bonds is 4. The average molecular weight is 559 g/mol. The molecule has 1 aliphatic heterocycles. The molecule has 3 heterocycles. The molecule has 0 atom stereocenters. The van der Waals surface area contributed by atoms with Gasteiger partial charge in [-0.15, -0.1) is 11.3 Å². The molecule has 0 fully saturated rings. The van der Waals surface area contributed by atoms with Gasteiger partial charge in [-0.1, -0.05) is 75.8 Å². The molecule has 0 radical (unpaired) electrons. The van der Waals surface area contributed by atoms with E-state index in [4.69, 9.17) is 4.99 Å². The number of hydrogen-bond acceptors (Lipinski definition) is 6. The van der Waals surface area contributed by atoms with E-state index in [-0.39, 0.29) is 11.8 Å². The van der Waals surface area contributed by atoms with Crippen LogP contribution in [0.25, 0.3) is 22.5 Å². The molecular weight excluding hydrogens is 544 g/mol. The summed E-state index contributed by atoms with van der Waals surface area (Å²) in [5, 5.41) is 15.1. The van der Waals surface area contributed by atoms with Gasteiger partial charge < -0.3 is 5.11 Å². The zero-order valence-corrected chi connectivity index (χ0v) is 21.1. The highest BCUT2D eigenvalue weighted by Gasteiger charge is 2.26. The smallest absolute Gasteiger partial charge is 0.279 e. The van der Waals surface area contributed by atoms with Crippen LogP contribution in [0.4, 0.5) is 5.13 Å². The van der Waals surface area contributed by atoms with E-state index in [1.807, 2.05) is 78.2 Å². The number of nitrogens with zero attached hydrogens (tertiary/aromatic N) is 4. The second-order valence-electron chi connectivity index (χ2n) is 7.65. The fourth-order valence-electron chi connectivity index (χ4n) is 3.87. The minimum absolute atomic E-state index is 0.0637. The van der Waals surface area contributed by atoms with Crippen molar-refractivity contribution in [1.82, 2.24) is 9.55 Å². The first-order valence-corrected chi connectivity index (χ1v) is 13.1. The van der Waals surface area contributed by atoms with Crippen molar-refractivity contribution in [1.29, 1.82) is 0 Å². The SMILES string of the molecule is O=C1N=c2ccc(Br)cc2=C1c1s/c(=N/c2nc(-c3ccccc3)cs2)n(-c2ccccc2)c1O. The lowest BCUT2D eigenvalue weighted by atomic mass is 10.1. The van der Waals surface area contributed by atoms with Gasteiger partial charge in [-0.05, 0) is 30.3 Å². The maximum atomic E-state index is 12.9. The first-order valence-electron chi connectivity index (χ1n) is 10.6. The number of amides is 1. The molecule has 6 nitrogen and oxygen atoms in total. The number of para-hydroxylation sites is 1. The molecule has 2 aromatic heterocycles. The number of fused-ring (bicyclic) bond motifs is 1. The van der Waals surface area contributed by atoms with Crippen LogP contribution >= 0.6 is 38.6 Å². The Labute approximate surface area is 215 Å². The van der Waals surface area contributed by atoms with Crippen LogP contribution in [0.2, 0.25) is 0 Å². The molecule has 9 heteroatoms. The highest BCUT2D eigenvalue weighted by atomic mass is 79.9. The number of halogens is 1. The summed E-state index contributed by atoms with van der Waals surface area (Å²) in [6, 6.07) is 24.8. The standard InChI is InChI=1S/C26H15BrN4O2S2/c27-16-11-12-19-18(13-16)21(23(32)28-19)22-24(33)31(17-9-5-2-6-10-17)26(35-22)30-25-29-20(14-34-25)15-7-3-1-4-8-15/h1-14,33H/b30-26+. The highest BCUT2D eigenvalue weighted by Crippen LogP contribution is 2.32. The Morgan fingerprint density at radius 2 is 1.71 bits per heavy atom. The zero-order valence-electron chi connectivity index (χ0n) is 17.9. The van der Waals surface area contributed by atoms with E-state index in [1.165, 1.54) is 22.7 Å². The molecule has 170 valence electrons. The lowest BCUT2D eigenvalue weighted by molar-refractivity contribution is -0.112. The fraction of sp³-hybridized carbons (Fsp3) is 0. The second-order valence-corrected chi connectivity index (χ2v) is 10.4. The van der Waals surface area contributed by atoms with Crippen molar-refractivity contribution in [3.8, 4) is 22.8 Å². The van der Waals surface area contributed by atoms with Crippen molar-refractivity contribution in [3.05, 3.63) is 109 Å². The van der Waals surface area contributed by atoms with E-state index in [0.29, 0.717) is 31.0 Å². The third-order valence-corrected chi connectivity index (χ3v) is 7.73. The van der Waals surface area contributed by atoms with Gasteiger partial charge in [0.2, 0.25) is 11.0 Å². The molecule has 0 aliphatic carbocycles. The lowest BCUT2D eigenvalue weighted by Crippen LogP contribution is -2.22. The fourth-order valence-corrected chi connectivity index (χ4v) is 6.06. The molecule has 0 unspecified atom stereocenters. The minimum atomic E-state index is -0.387. The Hall–Kier alpha value is -3.66. The minimum Gasteiger partial charge on any atom is -0.493 e. The zero-order chi connectivity index (χ0) is 23.9. The lowest BCUT2D eigenvalue weighted by Gasteiger charge is -2.05. The number of hydrogen-bond donors (Lipinski definition) is 1. The van der Waals surface area contributed by atoms with E-state index >= 15 is 0 Å². The molecule has 1 amide bonds. The van der Waals surface area contributed by atoms with Gasteiger partial charge >= 0.3 is 0 Å². The van der Waals surface area contributed by atoms with Crippen LogP contribution in [0.1, 0.15) is 4.88 Å². The van der Waals surface area contributed by atoms with Gasteiger partial charge in [0, 0.05) is 20.6 Å². The Bertz CT molecular complexity index is 1790. The highest BCUT2D eigenvalue weighted by molar-refractivity contribution is 9.10. The van der Waals surface area contributed by atoms with Gasteiger partial charge in [0.1, 0.15) is 4.88 Å². The molecule has 0 spiro atoms. The third-order valence-electron chi connectivity index (χ3n) is 5.46. The van der Waals surface area contributed by atoms with Crippen LogP contribution in [0, 0.1) is 0 Å². The number of benzene rings is 3. The van der Waals surface area contributed by atoms with E-state index in [2.05, 4.69) is 25.9 Å². The number of carbonyl (C=O) groups is 1. The van der Waals surface area contributed by atoms with Crippen LogP contribution < -0.4 is 15.4 Å². The van der Waals surface area contributed by atoms with Crippen molar-refractivity contribution in [2.45, 2.75) is 0 Å². The first-order chi connectivity index (χ1) is 17.1. The van der Waals surface area contributed by atoms with E-state index in [1.54, 1.807) is 10.6 Å². The molecule has 1 N–H and O–H groups in total. The van der Waals surface area contributed by atoms with Crippen LogP contribution in [-0.4, -0.2) is 20.6 Å². The third kappa shape index (κ3) is 3.97. The van der Waals surface area contributed by atoms with Crippen LogP contribution in [-0.2, 0) is 4.79 Å². The van der Waals surface area contributed by atoms with Crippen molar-refractivity contribution in [3.63, 3.8) is 0 Å². The molecule has 0 bridgehead atoms. The number of aromatic nitrogens is 2. The van der Waals surface area contributed by atoms with Crippen LogP contribution in [0.5, 0.6) is 5.88 Å². The Balaban J connectivity index is 1.58. The van der Waals surface area contributed by atoms with Gasteiger partial charge in [-0.3, -0.25) is 9.36 Å². The van der Waals surface area contributed by atoms with Crippen molar-refractivity contribution in [2.75, 3.05) is 0 Å². The summed E-state index contributed by atoms with van der Waals surface area (Å²) < 4.78 is 2.46. The molecule has 35 heavy (non-hydrogen) atoms. The van der Waals surface area contributed by atoms with Gasteiger partial charge in [0.15, 0.2) is 4.80 Å². The second kappa shape index (κ2) is 8.84. The summed E-state index contributed by atoms with van der Waals surface area (Å²) >= 11 is 6.12. The molecular formula is C26H15BrN4O2S2. The normalized spacial score (nSPS) is 13.2. The summed E-state index contributed by atoms with van der Waals surface area (Å²) in [6.45, 7) is 0. The monoisotopic (exact) mass is 558 g/mol. The quantitative estimate of drug-likeness (QED) is 0.346. The van der Waals surface area contributed by atoms with E-state index in [0.717, 1.165) is 21.4 Å². The predicted octanol–water partition coefficient (Wildman–Crippen LogP) is 4.72. The van der Waals surface area contributed by atoms with Gasteiger partial charge in [-0.25, -0.2) is 9.98 Å². The Morgan fingerprint density at radius 3 is 2.49 bits per heavy atom. The Kier molecular flexibility index (Phi) is 5.52. The van der Waals surface area contributed by atoms with Crippen LogP contribution in [0.3, 0.4) is 0 Å². The molecule has 0 saturated heterocycles. The summed E-state index contributed by atoms with van der Waals surface area (Å²) in [6.07, 6.45) is 0. The van der Waals surface area contributed by atoms with Crippen LogP contribution in [0.15, 0.2) is 98.7 Å².